The second kappa shape index (κ2) is 14.5. The zero-order valence-corrected chi connectivity index (χ0v) is 24.3. The largest absolute Gasteiger partial charge is 0.321 e. The number of pyridine rings is 1. The Morgan fingerprint density at radius 2 is 1.66 bits per heavy atom. The average Bonchev–Trinajstić information content (AvgIpc) is 2.98. The fraction of sp³-hybridized carbons (Fsp3) is 0.0968. The molecule has 7 nitrogen and oxygen atoms in total. The van der Waals surface area contributed by atoms with E-state index >= 15 is 0 Å². The van der Waals surface area contributed by atoms with E-state index in [4.69, 9.17) is 23.2 Å². The van der Waals surface area contributed by atoms with Gasteiger partial charge in [0, 0.05) is 27.4 Å². The number of nitrogens with zero attached hydrogens (tertiary/aromatic N) is 1. The molecule has 0 bridgehead atoms. The van der Waals surface area contributed by atoms with Gasteiger partial charge in [0.25, 0.3) is 11.8 Å². The van der Waals surface area contributed by atoms with Crippen molar-refractivity contribution < 1.29 is 14.4 Å². The first-order valence-electron chi connectivity index (χ1n) is 12.7. The zero-order valence-electron chi connectivity index (χ0n) is 21.9. The Kier molecular flexibility index (Phi) is 10.6. The third kappa shape index (κ3) is 8.69. The van der Waals surface area contributed by atoms with Crippen LogP contribution in [0.3, 0.4) is 0 Å². The van der Waals surface area contributed by atoms with Gasteiger partial charge in [-0.15, -0.1) is 11.8 Å². The predicted molar refractivity (Wildman–Crippen MR) is 166 cm³/mol. The molecule has 1 unspecified atom stereocenters. The highest BCUT2D eigenvalue weighted by Crippen LogP contribution is 2.29. The summed E-state index contributed by atoms with van der Waals surface area (Å²) in [5.41, 5.74) is 1.49. The van der Waals surface area contributed by atoms with Crippen molar-refractivity contribution in [2.45, 2.75) is 23.5 Å². The van der Waals surface area contributed by atoms with Crippen LogP contribution in [0.4, 0.5) is 11.5 Å². The summed E-state index contributed by atoms with van der Waals surface area (Å²) in [6, 6.07) is 26.0. The quantitative estimate of drug-likeness (QED) is 0.130. The number of carbonyl (C=O) groups is 3. The highest BCUT2D eigenvalue weighted by molar-refractivity contribution is 8.00. The number of aromatic nitrogens is 1. The topological polar surface area (TPSA) is 100 Å². The molecular weight excluding hydrogens is 579 g/mol. The molecular formula is C31H26Cl2N4O3S. The molecule has 0 saturated heterocycles. The molecule has 4 rings (SSSR count). The van der Waals surface area contributed by atoms with Gasteiger partial charge in [-0.3, -0.25) is 14.4 Å². The second-order valence-corrected chi connectivity index (χ2v) is 10.9. The van der Waals surface area contributed by atoms with Gasteiger partial charge < -0.3 is 16.0 Å². The van der Waals surface area contributed by atoms with Gasteiger partial charge in [0.15, 0.2) is 0 Å². The Bertz CT molecular complexity index is 1560. The van der Waals surface area contributed by atoms with Crippen LogP contribution < -0.4 is 16.0 Å². The van der Waals surface area contributed by atoms with Gasteiger partial charge in [0.2, 0.25) is 5.91 Å². The smallest absolute Gasteiger partial charge is 0.272 e. The summed E-state index contributed by atoms with van der Waals surface area (Å²) in [6.07, 6.45) is 3.56. The van der Waals surface area contributed by atoms with Gasteiger partial charge in [0.1, 0.15) is 11.5 Å². The first-order valence-corrected chi connectivity index (χ1v) is 14.3. The van der Waals surface area contributed by atoms with E-state index in [0.29, 0.717) is 39.1 Å². The summed E-state index contributed by atoms with van der Waals surface area (Å²) < 4.78 is 0. The van der Waals surface area contributed by atoms with Crippen LogP contribution in [0.5, 0.6) is 0 Å². The highest BCUT2D eigenvalue weighted by Gasteiger charge is 2.20. The molecule has 0 spiro atoms. The molecule has 4 aromatic rings. The van der Waals surface area contributed by atoms with Crippen LogP contribution >= 0.6 is 35.0 Å². The number of anilines is 2. The summed E-state index contributed by atoms with van der Waals surface area (Å²) in [6.45, 7) is 1.92. The Morgan fingerprint density at radius 3 is 2.37 bits per heavy atom. The lowest BCUT2D eigenvalue weighted by atomic mass is 10.1. The Hall–Kier alpha value is -4.11. The van der Waals surface area contributed by atoms with E-state index in [0.717, 1.165) is 4.90 Å². The summed E-state index contributed by atoms with van der Waals surface area (Å²) in [5.74, 6) is -0.754. The zero-order chi connectivity index (χ0) is 29.2. The average molecular weight is 606 g/mol. The summed E-state index contributed by atoms with van der Waals surface area (Å²) >= 11 is 13.6. The first-order chi connectivity index (χ1) is 19.8. The van der Waals surface area contributed by atoms with Crippen molar-refractivity contribution in [3.63, 3.8) is 0 Å². The molecule has 0 aliphatic carbocycles. The van der Waals surface area contributed by atoms with Gasteiger partial charge in [0.05, 0.1) is 10.3 Å². The van der Waals surface area contributed by atoms with Gasteiger partial charge in [-0.25, -0.2) is 4.98 Å². The van der Waals surface area contributed by atoms with Gasteiger partial charge in [-0.05, 0) is 66.6 Å². The van der Waals surface area contributed by atoms with E-state index in [9.17, 15) is 14.4 Å². The Balaban J connectivity index is 1.50. The standard InChI is InChI=1S/C31H26Cl2N4O3S/c1-2-27(31(40)37-28-16-15-22(32)19-34-28)41-24-13-8-12-23(18-24)35-30(39)26(17-21-11-6-7-14-25(21)33)36-29(38)20-9-4-3-5-10-20/h3-19,27H,2H2,1H3,(H,35,39)(H,36,38)(H,34,37,40)/b26-17+. The lowest BCUT2D eigenvalue weighted by molar-refractivity contribution is -0.116. The number of rotatable bonds is 10. The molecule has 1 atom stereocenters. The van der Waals surface area contributed by atoms with Gasteiger partial charge in [-0.2, -0.15) is 0 Å². The number of amides is 3. The van der Waals surface area contributed by atoms with Crippen LogP contribution in [0.1, 0.15) is 29.3 Å². The molecule has 3 amide bonds. The number of halogens is 2. The lowest BCUT2D eigenvalue weighted by Gasteiger charge is -2.16. The minimum absolute atomic E-state index is 0.0197. The maximum absolute atomic E-state index is 13.4. The normalized spacial score (nSPS) is 11.8. The van der Waals surface area contributed by atoms with Crippen molar-refractivity contribution in [1.82, 2.24) is 10.3 Å². The Labute approximate surface area is 252 Å². The van der Waals surface area contributed by atoms with E-state index in [1.165, 1.54) is 24.0 Å². The van der Waals surface area contributed by atoms with Crippen molar-refractivity contribution >= 4 is 70.3 Å². The fourth-order valence-electron chi connectivity index (χ4n) is 3.68. The number of hydrogen-bond donors (Lipinski definition) is 3. The highest BCUT2D eigenvalue weighted by atomic mass is 35.5. The van der Waals surface area contributed by atoms with Crippen LogP contribution in [0.25, 0.3) is 6.08 Å². The number of carbonyl (C=O) groups excluding carboxylic acids is 3. The molecule has 0 aliphatic heterocycles. The molecule has 0 radical (unpaired) electrons. The van der Waals surface area contributed by atoms with Crippen LogP contribution in [0.2, 0.25) is 10.0 Å². The number of nitrogens with one attached hydrogen (secondary N) is 3. The van der Waals surface area contributed by atoms with Crippen molar-refractivity contribution in [2.24, 2.45) is 0 Å². The monoisotopic (exact) mass is 604 g/mol. The molecule has 1 heterocycles. The van der Waals surface area contributed by atoms with Crippen molar-refractivity contribution in [3.8, 4) is 0 Å². The van der Waals surface area contributed by atoms with Crippen molar-refractivity contribution in [1.29, 1.82) is 0 Å². The van der Waals surface area contributed by atoms with Gasteiger partial charge in [-0.1, -0.05) is 72.6 Å². The van der Waals surface area contributed by atoms with E-state index in [1.54, 1.807) is 84.9 Å². The van der Waals surface area contributed by atoms with Crippen LogP contribution in [-0.2, 0) is 9.59 Å². The summed E-state index contributed by atoms with van der Waals surface area (Å²) in [4.78, 5) is 44.1. The van der Waals surface area contributed by atoms with E-state index in [1.807, 2.05) is 13.0 Å². The third-order valence-electron chi connectivity index (χ3n) is 5.75. The molecule has 0 fully saturated rings. The number of benzene rings is 3. The molecule has 41 heavy (non-hydrogen) atoms. The maximum atomic E-state index is 13.4. The van der Waals surface area contributed by atoms with Crippen LogP contribution in [0.15, 0.2) is 108 Å². The second-order valence-electron chi connectivity index (χ2n) is 8.75. The SMILES string of the molecule is CCC(Sc1cccc(NC(=O)/C(=C\c2ccccc2Cl)NC(=O)c2ccccc2)c1)C(=O)Nc1ccc(Cl)cn1. The van der Waals surface area contributed by atoms with Crippen molar-refractivity contribution in [3.05, 3.63) is 124 Å². The number of hydrogen-bond acceptors (Lipinski definition) is 5. The Morgan fingerprint density at radius 1 is 0.902 bits per heavy atom. The van der Waals surface area contributed by atoms with E-state index < -0.39 is 17.1 Å². The fourth-order valence-corrected chi connectivity index (χ4v) is 4.99. The first kappa shape index (κ1) is 29.9. The predicted octanol–water partition coefficient (Wildman–Crippen LogP) is 7.31. The van der Waals surface area contributed by atoms with Crippen LogP contribution in [-0.4, -0.2) is 28.0 Å². The molecule has 0 aliphatic rings. The summed E-state index contributed by atoms with van der Waals surface area (Å²) in [7, 11) is 0. The van der Waals surface area contributed by atoms with Crippen molar-refractivity contribution in [2.75, 3.05) is 10.6 Å². The maximum Gasteiger partial charge on any atom is 0.272 e. The molecule has 208 valence electrons. The molecule has 3 N–H and O–H groups in total. The van der Waals surface area contributed by atoms with E-state index in [2.05, 4.69) is 20.9 Å². The summed E-state index contributed by atoms with van der Waals surface area (Å²) in [5, 5.41) is 8.86. The number of thioether (sulfide) groups is 1. The minimum Gasteiger partial charge on any atom is -0.321 e. The minimum atomic E-state index is -0.532. The lowest BCUT2D eigenvalue weighted by Crippen LogP contribution is -2.30. The van der Waals surface area contributed by atoms with Gasteiger partial charge >= 0.3 is 0 Å². The third-order valence-corrected chi connectivity index (χ3v) is 7.67. The van der Waals surface area contributed by atoms with E-state index in [-0.39, 0.29) is 11.6 Å². The van der Waals surface area contributed by atoms with Crippen LogP contribution in [0, 0.1) is 0 Å². The molecule has 3 aromatic carbocycles. The molecule has 10 heteroatoms. The molecule has 0 saturated carbocycles. The molecule has 1 aromatic heterocycles.